The maximum absolute atomic E-state index is 12.7. The fourth-order valence-corrected chi connectivity index (χ4v) is 3.79. The van der Waals surface area contributed by atoms with Gasteiger partial charge in [0.2, 0.25) is 15.9 Å². The second-order valence-electron chi connectivity index (χ2n) is 5.61. The lowest BCUT2D eigenvalue weighted by Gasteiger charge is -2.20. The van der Waals surface area contributed by atoms with Crippen molar-refractivity contribution < 1.29 is 17.9 Å². The van der Waals surface area contributed by atoms with E-state index in [0.29, 0.717) is 12.3 Å². The van der Waals surface area contributed by atoms with Gasteiger partial charge in [0.15, 0.2) is 0 Å². The van der Waals surface area contributed by atoms with Crippen molar-refractivity contribution in [3.63, 3.8) is 0 Å². The summed E-state index contributed by atoms with van der Waals surface area (Å²) in [5.41, 5.74) is 0. The lowest BCUT2D eigenvalue weighted by atomic mass is 10.3. The summed E-state index contributed by atoms with van der Waals surface area (Å²) < 4.78 is 33.5. The van der Waals surface area contributed by atoms with E-state index < -0.39 is 10.0 Å². The number of ether oxygens (including phenoxy) is 1. The number of aryl methyl sites for hydroxylation is 1. The number of hydrogen-bond donors (Lipinski definition) is 1. The van der Waals surface area contributed by atoms with Crippen LogP contribution in [0.3, 0.4) is 0 Å². The number of aromatic nitrogens is 2. The second kappa shape index (κ2) is 9.35. The summed E-state index contributed by atoms with van der Waals surface area (Å²) in [6.45, 7) is 2.90. The molecule has 0 atom stereocenters. The van der Waals surface area contributed by atoms with Crippen LogP contribution in [0.5, 0.6) is 5.75 Å². The number of nitrogens with zero attached hydrogens (tertiary/aromatic N) is 3. The number of rotatable bonds is 10. The number of imidazole rings is 1. The van der Waals surface area contributed by atoms with Gasteiger partial charge in [-0.15, -0.1) is 0 Å². The summed E-state index contributed by atoms with van der Waals surface area (Å²) in [6.07, 6.45) is 5.99. The molecule has 8 nitrogen and oxygen atoms in total. The first-order valence-electron chi connectivity index (χ1n) is 8.34. The molecule has 26 heavy (non-hydrogen) atoms. The summed E-state index contributed by atoms with van der Waals surface area (Å²) >= 11 is 0. The monoisotopic (exact) mass is 380 g/mol. The molecule has 0 fully saturated rings. The van der Waals surface area contributed by atoms with E-state index in [1.807, 2.05) is 10.8 Å². The Labute approximate surface area is 153 Å². The highest BCUT2D eigenvalue weighted by Gasteiger charge is 2.25. The van der Waals surface area contributed by atoms with Crippen LogP contribution in [0.25, 0.3) is 0 Å². The number of carbonyl (C=O) groups excluding carboxylic acids is 1. The SMILES string of the molecule is CCN(CC(=O)NCCCn1ccnc1)S(=O)(=O)c1ccc(OC)cc1. The van der Waals surface area contributed by atoms with Crippen LogP contribution in [-0.4, -0.2) is 54.9 Å². The van der Waals surface area contributed by atoms with Crippen molar-refractivity contribution in [2.24, 2.45) is 0 Å². The second-order valence-corrected chi connectivity index (χ2v) is 7.55. The largest absolute Gasteiger partial charge is 0.497 e. The van der Waals surface area contributed by atoms with E-state index in [1.54, 1.807) is 31.6 Å². The Morgan fingerprint density at radius 1 is 1.31 bits per heavy atom. The van der Waals surface area contributed by atoms with Gasteiger partial charge in [-0.2, -0.15) is 4.31 Å². The quantitative estimate of drug-likeness (QED) is 0.623. The molecule has 1 heterocycles. The third-order valence-corrected chi connectivity index (χ3v) is 5.78. The average molecular weight is 380 g/mol. The number of methoxy groups -OCH3 is 1. The summed E-state index contributed by atoms with van der Waals surface area (Å²) in [5, 5.41) is 2.75. The fourth-order valence-electron chi connectivity index (χ4n) is 2.39. The third kappa shape index (κ3) is 5.30. The van der Waals surface area contributed by atoms with Crippen LogP contribution < -0.4 is 10.1 Å². The van der Waals surface area contributed by atoms with Gasteiger partial charge in [0.25, 0.3) is 0 Å². The maximum atomic E-state index is 12.7. The minimum atomic E-state index is -3.73. The Morgan fingerprint density at radius 3 is 2.62 bits per heavy atom. The fraction of sp³-hybridized carbons (Fsp3) is 0.412. The maximum Gasteiger partial charge on any atom is 0.243 e. The van der Waals surface area contributed by atoms with Crippen molar-refractivity contribution in [1.82, 2.24) is 19.2 Å². The molecule has 0 aliphatic rings. The molecule has 0 aliphatic heterocycles. The molecule has 9 heteroatoms. The van der Waals surface area contributed by atoms with Crippen molar-refractivity contribution in [2.75, 3.05) is 26.7 Å². The van der Waals surface area contributed by atoms with Crippen LogP contribution in [0.4, 0.5) is 0 Å². The smallest absolute Gasteiger partial charge is 0.243 e. The summed E-state index contributed by atoms with van der Waals surface area (Å²) in [7, 11) is -2.22. The molecule has 0 radical (unpaired) electrons. The molecule has 1 amide bonds. The molecule has 0 saturated heterocycles. The normalized spacial score (nSPS) is 11.5. The molecule has 0 unspecified atom stereocenters. The van der Waals surface area contributed by atoms with Gasteiger partial charge in [-0.3, -0.25) is 4.79 Å². The van der Waals surface area contributed by atoms with Crippen LogP contribution in [-0.2, 0) is 21.4 Å². The Kier molecular flexibility index (Phi) is 7.16. The van der Waals surface area contributed by atoms with E-state index in [0.717, 1.165) is 17.3 Å². The van der Waals surface area contributed by atoms with E-state index in [2.05, 4.69) is 10.3 Å². The summed E-state index contributed by atoms with van der Waals surface area (Å²) in [5.74, 6) is 0.247. The molecule has 2 aromatic rings. The Bertz CT molecular complexity index is 789. The minimum Gasteiger partial charge on any atom is -0.497 e. The van der Waals surface area contributed by atoms with Crippen LogP contribution in [0.15, 0.2) is 47.9 Å². The highest BCUT2D eigenvalue weighted by Crippen LogP contribution is 2.19. The van der Waals surface area contributed by atoms with Crippen molar-refractivity contribution >= 4 is 15.9 Å². The summed E-state index contributed by atoms with van der Waals surface area (Å²) in [6, 6.07) is 6.10. The third-order valence-electron chi connectivity index (χ3n) is 3.84. The number of benzene rings is 1. The van der Waals surface area contributed by atoms with Crippen molar-refractivity contribution in [2.45, 2.75) is 24.8 Å². The Morgan fingerprint density at radius 2 is 2.04 bits per heavy atom. The molecule has 1 aromatic heterocycles. The molecule has 1 N–H and O–H groups in total. The molecular weight excluding hydrogens is 356 g/mol. The van der Waals surface area contributed by atoms with Gasteiger partial charge in [-0.25, -0.2) is 13.4 Å². The van der Waals surface area contributed by atoms with Gasteiger partial charge in [-0.1, -0.05) is 6.92 Å². The zero-order chi connectivity index (χ0) is 19.0. The Hall–Kier alpha value is -2.39. The van der Waals surface area contributed by atoms with E-state index in [9.17, 15) is 13.2 Å². The first-order valence-corrected chi connectivity index (χ1v) is 9.78. The number of sulfonamides is 1. The van der Waals surface area contributed by atoms with Gasteiger partial charge >= 0.3 is 0 Å². The lowest BCUT2D eigenvalue weighted by molar-refractivity contribution is -0.121. The molecular formula is C17H24N4O4S. The highest BCUT2D eigenvalue weighted by atomic mass is 32.2. The van der Waals surface area contributed by atoms with Crippen LogP contribution in [0, 0.1) is 0 Å². The molecule has 0 aliphatic carbocycles. The lowest BCUT2D eigenvalue weighted by Crippen LogP contribution is -2.40. The number of hydrogen-bond acceptors (Lipinski definition) is 5. The average Bonchev–Trinajstić information content (AvgIpc) is 3.16. The number of amides is 1. The Balaban J connectivity index is 1.88. The van der Waals surface area contributed by atoms with Crippen LogP contribution in [0.2, 0.25) is 0 Å². The minimum absolute atomic E-state index is 0.132. The predicted molar refractivity (Wildman–Crippen MR) is 97.3 cm³/mol. The van der Waals surface area contributed by atoms with Gasteiger partial charge < -0.3 is 14.6 Å². The number of likely N-dealkylation sites (N-methyl/N-ethyl adjacent to an activating group) is 1. The molecule has 0 bridgehead atoms. The molecule has 0 saturated carbocycles. The number of nitrogens with one attached hydrogen (secondary N) is 1. The van der Waals surface area contributed by atoms with Gasteiger partial charge in [0, 0.05) is 32.0 Å². The van der Waals surface area contributed by atoms with Crippen molar-refractivity contribution in [3.05, 3.63) is 43.0 Å². The topological polar surface area (TPSA) is 93.5 Å². The van der Waals surface area contributed by atoms with Crippen molar-refractivity contribution in [1.29, 1.82) is 0 Å². The summed E-state index contributed by atoms with van der Waals surface area (Å²) in [4.78, 5) is 16.2. The predicted octanol–water partition coefficient (Wildman–Crippen LogP) is 1.11. The van der Waals surface area contributed by atoms with Crippen LogP contribution in [0.1, 0.15) is 13.3 Å². The molecule has 2 rings (SSSR count). The van der Waals surface area contributed by atoms with Crippen molar-refractivity contribution in [3.8, 4) is 5.75 Å². The van der Waals surface area contributed by atoms with Gasteiger partial charge in [0.1, 0.15) is 5.75 Å². The molecule has 1 aromatic carbocycles. The van der Waals surface area contributed by atoms with E-state index >= 15 is 0 Å². The van der Waals surface area contributed by atoms with Gasteiger partial charge in [-0.05, 0) is 30.7 Å². The molecule has 142 valence electrons. The molecule has 0 spiro atoms. The highest BCUT2D eigenvalue weighted by molar-refractivity contribution is 7.89. The van der Waals surface area contributed by atoms with Gasteiger partial charge in [0.05, 0.1) is 24.9 Å². The number of carbonyl (C=O) groups is 1. The van der Waals surface area contributed by atoms with E-state index in [4.69, 9.17) is 4.74 Å². The van der Waals surface area contributed by atoms with E-state index in [1.165, 1.54) is 19.2 Å². The first kappa shape index (κ1) is 19.9. The van der Waals surface area contributed by atoms with Crippen LogP contribution >= 0.6 is 0 Å². The standard InChI is InChI=1S/C17H24N4O4S/c1-3-21(26(23,24)16-7-5-15(25-2)6-8-16)13-17(22)19-9-4-11-20-12-10-18-14-20/h5-8,10,12,14H,3-4,9,11,13H2,1-2H3,(H,19,22). The zero-order valence-corrected chi connectivity index (χ0v) is 15.8. The first-order chi connectivity index (χ1) is 12.5. The van der Waals surface area contributed by atoms with E-state index in [-0.39, 0.29) is 23.9 Å². The zero-order valence-electron chi connectivity index (χ0n) is 15.0.